The summed E-state index contributed by atoms with van der Waals surface area (Å²) in [5, 5.41) is 11.5. The van der Waals surface area contributed by atoms with Crippen molar-refractivity contribution in [2.45, 2.75) is 6.92 Å². The van der Waals surface area contributed by atoms with E-state index in [1.165, 1.54) is 18.2 Å². The number of hydrogen-bond donors (Lipinski definition) is 0. The van der Waals surface area contributed by atoms with Crippen LogP contribution in [-0.4, -0.2) is 18.0 Å². The number of ether oxygens (including phenoxy) is 2. The van der Waals surface area contributed by atoms with Crippen LogP contribution in [0, 0.1) is 17.0 Å². The minimum absolute atomic E-state index is 0.171. The van der Waals surface area contributed by atoms with Crippen LogP contribution in [0.15, 0.2) is 36.4 Å². The number of nitro groups is 1. The molecular formula is C15H12ClNO5. The van der Waals surface area contributed by atoms with Crippen LogP contribution in [0.25, 0.3) is 0 Å². The molecule has 0 bridgehead atoms. The minimum atomic E-state index is -0.801. The zero-order valence-corrected chi connectivity index (χ0v) is 12.6. The second kappa shape index (κ2) is 6.44. The standard InChI is InChI=1S/C15H12ClNO5/c1-9-7-10(3-5-13(9)16)22-11-4-6-14(17(19)20)12(8-11)15(18)21-2/h3-8H,1-2H3. The Bertz CT molecular complexity index is 745. The van der Waals surface area contributed by atoms with Gasteiger partial charge in [-0.15, -0.1) is 0 Å². The van der Waals surface area contributed by atoms with Gasteiger partial charge in [-0.1, -0.05) is 11.6 Å². The highest BCUT2D eigenvalue weighted by Gasteiger charge is 2.21. The van der Waals surface area contributed by atoms with E-state index in [1.807, 2.05) is 6.92 Å². The third-order valence-corrected chi connectivity index (χ3v) is 3.36. The van der Waals surface area contributed by atoms with Crippen LogP contribution in [-0.2, 0) is 4.74 Å². The first-order chi connectivity index (χ1) is 10.4. The highest BCUT2D eigenvalue weighted by atomic mass is 35.5. The predicted molar refractivity (Wildman–Crippen MR) is 80.7 cm³/mol. The van der Waals surface area contributed by atoms with E-state index in [-0.39, 0.29) is 17.0 Å². The number of carbonyl (C=O) groups excluding carboxylic acids is 1. The fourth-order valence-corrected chi connectivity index (χ4v) is 1.95. The largest absolute Gasteiger partial charge is 0.465 e. The summed E-state index contributed by atoms with van der Waals surface area (Å²) >= 11 is 5.93. The number of esters is 1. The molecule has 2 rings (SSSR count). The van der Waals surface area contributed by atoms with Gasteiger partial charge in [0.15, 0.2) is 0 Å². The summed E-state index contributed by atoms with van der Waals surface area (Å²) in [7, 11) is 1.15. The molecule has 0 amide bonds. The Balaban J connectivity index is 2.37. The van der Waals surface area contributed by atoms with Gasteiger partial charge in [0.2, 0.25) is 0 Å². The summed E-state index contributed by atoms with van der Waals surface area (Å²) in [6.45, 7) is 1.82. The lowest BCUT2D eigenvalue weighted by Gasteiger charge is -2.09. The molecule has 6 nitrogen and oxygen atoms in total. The number of nitrogens with zero attached hydrogens (tertiary/aromatic N) is 1. The molecule has 0 aromatic heterocycles. The van der Waals surface area contributed by atoms with Crippen LogP contribution in [0.4, 0.5) is 5.69 Å². The molecule has 0 atom stereocenters. The Morgan fingerprint density at radius 3 is 2.41 bits per heavy atom. The third kappa shape index (κ3) is 3.35. The first kappa shape index (κ1) is 15.8. The molecule has 0 heterocycles. The number of hydrogen-bond acceptors (Lipinski definition) is 5. The van der Waals surface area contributed by atoms with E-state index in [4.69, 9.17) is 16.3 Å². The number of halogens is 1. The Labute approximate surface area is 131 Å². The lowest BCUT2D eigenvalue weighted by atomic mass is 10.1. The van der Waals surface area contributed by atoms with Gasteiger partial charge in [0, 0.05) is 17.2 Å². The van der Waals surface area contributed by atoms with E-state index >= 15 is 0 Å². The molecular weight excluding hydrogens is 310 g/mol. The molecule has 0 saturated heterocycles. The maximum absolute atomic E-state index is 11.6. The second-order valence-electron chi connectivity index (χ2n) is 4.44. The molecule has 2 aromatic rings. The lowest BCUT2D eigenvalue weighted by Crippen LogP contribution is -2.05. The molecule has 2 aromatic carbocycles. The topological polar surface area (TPSA) is 78.7 Å². The van der Waals surface area contributed by atoms with Crippen molar-refractivity contribution in [2.24, 2.45) is 0 Å². The zero-order valence-electron chi connectivity index (χ0n) is 11.8. The molecule has 0 spiro atoms. The summed E-state index contributed by atoms with van der Waals surface area (Å²) in [5.74, 6) is -0.0104. The number of benzene rings is 2. The summed E-state index contributed by atoms with van der Waals surface area (Å²) in [5.41, 5.74) is 0.316. The minimum Gasteiger partial charge on any atom is -0.465 e. The number of rotatable bonds is 4. The normalized spacial score (nSPS) is 10.1. The molecule has 0 aliphatic rings. The summed E-state index contributed by atoms with van der Waals surface area (Å²) in [6.07, 6.45) is 0. The fraction of sp³-hybridized carbons (Fsp3) is 0.133. The van der Waals surface area contributed by atoms with Crippen LogP contribution < -0.4 is 4.74 Å². The van der Waals surface area contributed by atoms with Gasteiger partial charge in [0.1, 0.15) is 17.1 Å². The van der Waals surface area contributed by atoms with Crippen molar-refractivity contribution in [3.05, 3.63) is 62.7 Å². The van der Waals surface area contributed by atoms with Crippen molar-refractivity contribution in [2.75, 3.05) is 7.11 Å². The van der Waals surface area contributed by atoms with Gasteiger partial charge in [0.25, 0.3) is 5.69 Å². The Morgan fingerprint density at radius 2 is 1.82 bits per heavy atom. The fourth-order valence-electron chi connectivity index (χ4n) is 1.83. The quantitative estimate of drug-likeness (QED) is 0.480. The van der Waals surface area contributed by atoms with Crippen molar-refractivity contribution in [3.8, 4) is 11.5 Å². The van der Waals surface area contributed by atoms with E-state index in [9.17, 15) is 14.9 Å². The first-order valence-electron chi connectivity index (χ1n) is 6.23. The maximum atomic E-state index is 11.6. The molecule has 0 N–H and O–H groups in total. The van der Waals surface area contributed by atoms with Gasteiger partial charge in [-0.05, 0) is 36.8 Å². The summed E-state index contributed by atoms with van der Waals surface area (Å²) in [4.78, 5) is 21.9. The molecule has 0 saturated carbocycles. The molecule has 7 heteroatoms. The monoisotopic (exact) mass is 321 g/mol. The van der Waals surface area contributed by atoms with Crippen LogP contribution in [0.2, 0.25) is 5.02 Å². The number of carbonyl (C=O) groups is 1. The highest BCUT2D eigenvalue weighted by molar-refractivity contribution is 6.31. The van der Waals surface area contributed by atoms with E-state index in [0.29, 0.717) is 10.8 Å². The van der Waals surface area contributed by atoms with E-state index in [2.05, 4.69) is 4.74 Å². The van der Waals surface area contributed by atoms with Crippen molar-refractivity contribution < 1.29 is 19.2 Å². The lowest BCUT2D eigenvalue weighted by molar-refractivity contribution is -0.385. The van der Waals surface area contributed by atoms with E-state index < -0.39 is 10.9 Å². The average Bonchev–Trinajstić information content (AvgIpc) is 2.50. The van der Waals surface area contributed by atoms with Crippen LogP contribution >= 0.6 is 11.6 Å². The van der Waals surface area contributed by atoms with Gasteiger partial charge in [0.05, 0.1) is 12.0 Å². The van der Waals surface area contributed by atoms with Crippen LogP contribution in [0.3, 0.4) is 0 Å². The van der Waals surface area contributed by atoms with Gasteiger partial charge in [-0.25, -0.2) is 4.79 Å². The molecule has 0 aliphatic heterocycles. The molecule has 0 unspecified atom stereocenters. The van der Waals surface area contributed by atoms with Crippen molar-refractivity contribution >= 4 is 23.3 Å². The summed E-state index contributed by atoms with van der Waals surface area (Å²) in [6, 6.07) is 8.95. The van der Waals surface area contributed by atoms with Crippen molar-refractivity contribution in [1.82, 2.24) is 0 Å². The van der Waals surface area contributed by atoms with Gasteiger partial charge in [-0.2, -0.15) is 0 Å². The first-order valence-corrected chi connectivity index (χ1v) is 6.61. The van der Waals surface area contributed by atoms with Crippen LogP contribution in [0.5, 0.6) is 11.5 Å². The maximum Gasteiger partial charge on any atom is 0.345 e. The third-order valence-electron chi connectivity index (χ3n) is 2.94. The average molecular weight is 322 g/mol. The number of aryl methyl sites for hydroxylation is 1. The molecule has 22 heavy (non-hydrogen) atoms. The Kier molecular flexibility index (Phi) is 4.62. The van der Waals surface area contributed by atoms with E-state index in [1.54, 1.807) is 18.2 Å². The zero-order chi connectivity index (χ0) is 16.3. The smallest absolute Gasteiger partial charge is 0.345 e. The van der Waals surface area contributed by atoms with Crippen molar-refractivity contribution in [3.63, 3.8) is 0 Å². The summed E-state index contributed by atoms with van der Waals surface area (Å²) < 4.78 is 10.1. The Morgan fingerprint density at radius 1 is 1.18 bits per heavy atom. The van der Waals surface area contributed by atoms with E-state index in [0.717, 1.165) is 12.7 Å². The SMILES string of the molecule is COC(=O)c1cc(Oc2ccc(Cl)c(C)c2)ccc1[N+](=O)[O-]. The number of nitro benzene ring substituents is 1. The molecule has 0 aliphatic carbocycles. The molecule has 114 valence electrons. The molecule has 0 radical (unpaired) electrons. The predicted octanol–water partition coefficient (Wildman–Crippen LogP) is 4.14. The number of methoxy groups -OCH3 is 1. The van der Waals surface area contributed by atoms with Gasteiger partial charge in [-0.3, -0.25) is 10.1 Å². The van der Waals surface area contributed by atoms with Crippen molar-refractivity contribution in [1.29, 1.82) is 0 Å². The van der Waals surface area contributed by atoms with Gasteiger partial charge >= 0.3 is 5.97 Å². The Hall–Kier alpha value is -2.60. The molecule has 0 fully saturated rings. The van der Waals surface area contributed by atoms with Crippen LogP contribution in [0.1, 0.15) is 15.9 Å². The second-order valence-corrected chi connectivity index (χ2v) is 4.85. The van der Waals surface area contributed by atoms with Gasteiger partial charge < -0.3 is 9.47 Å². The highest BCUT2D eigenvalue weighted by Crippen LogP contribution is 2.30.